The van der Waals surface area contributed by atoms with Crippen molar-refractivity contribution in [3.8, 4) is 45.0 Å². The van der Waals surface area contributed by atoms with Gasteiger partial charge in [0.05, 0.1) is 27.6 Å². The molecule has 8 nitrogen and oxygen atoms in total. The summed E-state index contributed by atoms with van der Waals surface area (Å²) < 4.78 is 103. The van der Waals surface area contributed by atoms with Crippen LogP contribution in [0.5, 0.6) is 0 Å². The standard InChI is InChI=1S/C23H23FNO.2C22H21FNO.C21H18F2NO/c1-13(2)19-11-20(25(5)12-15(19)4)22-14(3)6-8-18-17-9-7-16(24)10-21(17)26-23(18)22;1-12-6-7-16-17-8-14(3)18(23)10-20(17)25-22(16)21(12)19-9-13(2)15(4)11-24(19)5;1-12-6-7-17-16-8-9-18(23)15(4)21(16)25-22(17)20(12)19-10-13(2)14(3)11-24(19)5;1-11-8-17(24(4)10-13(11)3)19-12(2)7-16(23)20-15-6-5-14(22)9-18(15)25-21(19)20/h6-13H,1-5H3;2*6-11H,1-5H3;5-10H,1-4H3/q4*+1. The lowest BCUT2D eigenvalue weighted by Gasteiger charge is -2.12. The molecule has 0 N–H and O–H groups in total. The van der Waals surface area contributed by atoms with E-state index in [2.05, 4.69) is 176 Å². The number of pyridine rings is 4. The normalized spacial score (nSPS) is 11.7. The molecular formula is C88H83F5N4O4+4. The number of nitrogens with zero attached hydrogens (tertiary/aromatic N) is 4. The molecule has 0 radical (unpaired) electrons. The molecule has 0 atom stereocenters. The van der Waals surface area contributed by atoms with Crippen molar-refractivity contribution >= 4 is 87.8 Å². The quantitative estimate of drug-likeness (QED) is 0.127. The number of benzene rings is 8. The van der Waals surface area contributed by atoms with Crippen molar-refractivity contribution in [3.63, 3.8) is 0 Å². The highest BCUT2D eigenvalue weighted by Crippen LogP contribution is 2.43. The lowest BCUT2D eigenvalue weighted by molar-refractivity contribution is -0.660. The molecule has 16 rings (SSSR count). The Balaban J connectivity index is 0.000000120. The topological polar surface area (TPSA) is 68.1 Å². The number of aromatic nitrogens is 4. The molecule has 0 aliphatic heterocycles. The minimum atomic E-state index is -0.401. The third kappa shape index (κ3) is 12.3. The van der Waals surface area contributed by atoms with Crippen LogP contribution in [0, 0.1) is 119 Å². The van der Waals surface area contributed by atoms with E-state index in [4.69, 9.17) is 17.7 Å². The van der Waals surface area contributed by atoms with Gasteiger partial charge in [-0.25, -0.2) is 40.2 Å². The van der Waals surface area contributed by atoms with E-state index >= 15 is 0 Å². The van der Waals surface area contributed by atoms with Crippen LogP contribution in [0.2, 0.25) is 0 Å². The van der Waals surface area contributed by atoms with E-state index in [0.717, 1.165) is 122 Å². The van der Waals surface area contributed by atoms with Gasteiger partial charge in [0.25, 0.3) is 0 Å². The number of halogens is 5. The molecule has 0 spiro atoms. The van der Waals surface area contributed by atoms with Gasteiger partial charge in [-0.2, -0.15) is 0 Å². The van der Waals surface area contributed by atoms with Crippen LogP contribution in [-0.4, -0.2) is 0 Å². The van der Waals surface area contributed by atoms with Crippen LogP contribution in [0.4, 0.5) is 22.0 Å². The van der Waals surface area contributed by atoms with Gasteiger partial charge in [-0.3, -0.25) is 0 Å². The highest BCUT2D eigenvalue weighted by atomic mass is 19.1. The minimum absolute atomic E-state index is 0.235. The average Bonchev–Trinajstić information content (AvgIpc) is 1.65. The Morgan fingerprint density at radius 1 is 0.277 bits per heavy atom. The van der Waals surface area contributed by atoms with E-state index in [0.29, 0.717) is 55.7 Å². The Kier molecular flexibility index (Phi) is 18.0. The number of hydrogen-bond acceptors (Lipinski definition) is 4. The van der Waals surface area contributed by atoms with E-state index in [-0.39, 0.29) is 23.3 Å². The number of furan rings is 4. The maximum Gasteiger partial charge on any atom is 0.216 e. The Bertz CT molecular complexity index is 6090. The highest BCUT2D eigenvalue weighted by Gasteiger charge is 2.28. The van der Waals surface area contributed by atoms with Crippen molar-refractivity contribution in [2.75, 3.05) is 0 Å². The molecule has 0 bridgehead atoms. The third-order valence-corrected chi connectivity index (χ3v) is 20.4. The first kappa shape index (κ1) is 68.7. The summed E-state index contributed by atoms with van der Waals surface area (Å²) >= 11 is 0. The van der Waals surface area contributed by atoms with E-state index in [9.17, 15) is 22.0 Å². The second kappa shape index (κ2) is 26.4. The predicted octanol–water partition coefficient (Wildman–Crippen LogP) is 22.1. The summed E-state index contributed by atoms with van der Waals surface area (Å²) in [5.74, 6) is -1.06. The molecule has 510 valence electrons. The zero-order chi connectivity index (χ0) is 72.2. The summed E-state index contributed by atoms with van der Waals surface area (Å²) in [6.45, 7) is 30.8. The number of fused-ring (bicyclic) bond motifs is 12. The molecule has 8 heterocycles. The molecule has 0 aliphatic rings. The Morgan fingerprint density at radius 2 is 0.653 bits per heavy atom. The smallest absolute Gasteiger partial charge is 0.216 e. The van der Waals surface area contributed by atoms with Crippen molar-refractivity contribution < 1.29 is 57.9 Å². The molecule has 13 heteroatoms. The van der Waals surface area contributed by atoms with Crippen LogP contribution in [0.25, 0.3) is 133 Å². The first-order valence-corrected chi connectivity index (χ1v) is 34.1. The summed E-state index contributed by atoms with van der Waals surface area (Å²) in [5, 5.41) is 6.92. The zero-order valence-electron chi connectivity index (χ0n) is 60.8. The fraction of sp³-hybridized carbons (Fsp3) is 0.227. The molecule has 8 aromatic heterocycles. The highest BCUT2D eigenvalue weighted by molar-refractivity contribution is 6.13. The summed E-state index contributed by atoms with van der Waals surface area (Å²) in [7, 11) is 8.12. The Morgan fingerprint density at radius 3 is 1.15 bits per heavy atom. The molecule has 0 aliphatic carbocycles. The van der Waals surface area contributed by atoms with E-state index in [1.165, 1.54) is 81.4 Å². The largest absolute Gasteiger partial charge is 0.455 e. The fourth-order valence-electron chi connectivity index (χ4n) is 14.4. The van der Waals surface area contributed by atoms with Gasteiger partial charge in [0.15, 0.2) is 30.4 Å². The lowest BCUT2D eigenvalue weighted by atomic mass is 9.94. The number of hydrogen-bond donors (Lipinski definition) is 0. The maximum atomic E-state index is 14.7. The minimum Gasteiger partial charge on any atom is -0.455 e. The number of rotatable bonds is 5. The number of aryl methyl sites for hydroxylation is 17. The first-order chi connectivity index (χ1) is 48.0. The van der Waals surface area contributed by atoms with Crippen LogP contribution in [0.15, 0.2) is 170 Å². The van der Waals surface area contributed by atoms with Crippen LogP contribution >= 0.6 is 0 Å². The van der Waals surface area contributed by atoms with Gasteiger partial charge in [-0.1, -0.05) is 50.2 Å². The van der Waals surface area contributed by atoms with Crippen molar-refractivity contribution in [2.24, 2.45) is 28.2 Å². The molecular weight excluding hydrogens is 1270 g/mol. The average molecular weight is 1360 g/mol. The summed E-state index contributed by atoms with van der Waals surface area (Å²) in [6, 6.07) is 38.4. The second-order valence-electron chi connectivity index (χ2n) is 28.0. The molecule has 101 heavy (non-hydrogen) atoms. The van der Waals surface area contributed by atoms with Gasteiger partial charge in [-0.05, 0) is 195 Å². The maximum absolute atomic E-state index is 14.7. The molecule has 16 aromatic rings. The SMILES string of the molecule is Cc1c[n+](C)c(-c2c(C)ccc3c2oc2cc(F)ccc23)cc1C(C)C.Cc1cc(-c2c(C)cc(F)c3c2oc2cc(F)ccc23)[n+](C)cc1C.Cc1cc(-c2c(C)ccc3c2oc2c(C)c(F)ccc23)[n+](C)cc1C.Cc1cc(-c2c(C)ccc3c2oc2cc(F)c(C)cc23)[n+](C)cc1C. The Hall–Kier alpha value is -10.8. The van der Waals surface area contributed by atoms with Crippen LogP contribution in [-0.2, 0) is 28.2 Å². The first-order valence-electron chi connectivity index (χ1n) is 34.1. The van der Waals surface area contributed by atoms with Crippen molar-refractivity contribution in [1.29, 1.82) is 0 Å². The van der Waals surface area contributed by atoms with Gasteiger partial charge < -0.3 is 17.7 Å². The summed E-state index contributed by atoms with van der Waals surface area (Å²) in [6.07, 6.45) is 8.48. The van der Waals surface area contributed by atoms with Gasteiger partial charge >= 0.3 is 0 Å². The monoisotopic (exact) mass is 1350 g/mol. The Labute approximate surface area is 584 Å². The second-order valence-corrected chi connectivity index (χ2v) is 28.0. The van der Waals surface area contributed by atoms with Crippen molar-refractivity contribution in [3.05, 3.63) is 259 Å². The molecule has 8 aromatic carbocycles. The van der Waals surface area contributed by atoms with Gasteiger partial charge in [0.1, 0.15) is 96.4 Å². The lowest BCUT2D eigenvalue weighted by Crippen LogP contribution is -2.32. The van der Waals surface area contributed by atoms with Crippen LogP contribution < -0.4 is 18.3 Å². The summed E-state index contributed by atoms with van der Waals surface area (Å²) in [4.78, 5) is 0. The van der Waals surface area contributed by atoms with E-state index in [1.54, 1.807) is 26.0 Å². The third-order valence-electron chi connectivity index (χ3n) is 20.4. The molecule has 0 fully saturated rings. The van der Waals surface area contributed by atoms with Crippen LogP contribution in [0.1, 0.15) is 97.7 Å². The van der Waals surface area contributed by atoms with Crippen molar-refractivity contribution in [2.45, 2.75) is 110 Å². The molecule has 0 amide bonds. The van der Waals surface area contributed by atoms with Crippen LogP contribution in [0.3, 0.4) is 0 Å². The molecule has 0 saturated carbocycles. The van der Waals surface area contributed by atoms with E-state index < -0.39 is 5.82 Å². The molecule has 0 saturated heterocycles. The summed E-state index contributed by atoms with van der Waals surface area (Å²) in [5.41, 5.74) is 28.7. The van der Waals surface area contributed by atoms with Gasteiger partial charge in [-0.15, -0.1) is 0 Å². The predicted molar refractivity (Wildman–Crippen MR) is 397 cm³/mol. The van der Waals surface area contributed by atoms with Gasteiger partial charge in [0, 0.05) is 108 Å². The van der Waals surface area contributed by atoms with Gasteiger partial charge in [0.2, 0.25) is 22.8 Å². The zero-order valence-corrected chi connectivity index (χ0v) is 60.8. The van der Waals surface area contributed by atoms with Crippen molar-refractivity contribution in [1.82, 2.24) is 0 Å². The molecule has 0 unspecified atom stereocenters. The fourth-order valence-corrected chi connectivity index (χ4v) is 14.4. The van der Waals surface area contributed by atoms with E-state index in [1.807, 2.05) is 57.9 Å².